The molecule has 59 heavy (non-hydrogen) atoms. The molecule has 3 N–H and O–H groups in total. The highest BCUT2D eigenvalue weighted by atomic mass is 16.3. The summed E-state index contributed by atoms with van der Waals surface area (Å²) >= 11 is 0. The Morgan fingerprint density at radius 2 is 0.661 bits per heavy atom. The lowest BCUT2D eigenvalue weighted by Crippen LogP contribution is -2.45. The zero-order chi connectivity index (χ0) is 42.8. The van der Waals surface area contributed by atoms with Crippen molar-refractivity contribution in [2.75, 3.05) is 6.61 Å². The molecule has 0 aromatic carbocycles. The first-order chi connectivity index (χ1) is 29.2. The highest BCUT2D eigenvalue weighted by molar-refractivity contribution is 5.76. The first-order valence-corrected chi connectivity index (χ1v) is 27.1. The lowest BCUT2D eigenvalue weighted by molar-refractivity contribution is -0.123. The summed E-state index contributed by atoms with van der Waals surface area (Å²) in [6.45, 7) is 4.33. The maximum atomic E-state index is 12.4. The molecule has 2 unspecified atom stereocenters. The minimum absolute atomic E-state index is 0.0693. The van der Waals surface area contributed by atoms with Crippen molar-refractivity contribution in [2.45, 2.75) is 315 Å². The molecule has 0 spiro atoms. The molecule has 0 aliphatic heterocycles. The van der Waals surface area contributed by atoms with Crippen LogP contribution in [0, 0.1) is 0 Å². The van der Waals surface area contributed by atoms with Gasteiger partial charge in [0.05, 0.1) is 18.8 Å². The second-order valence-electron chi connectivity index (χ2n) is 18.7. The molecule has 4 nitrogen and oxygen atoms in total. The zero-order valence-corrected chi connectivity index (χ0v) is 40.3. The van der Waals surface area contributed by atoms with Crippen molar-refractivity contribution in [3.63, 3.8) is 0 Å². The van der Waals surface area contributed by atoms with Crippen molar-refractivity contribution in [1.29, 1.82) is 0 Å². The van der Waals surface area contributed by atoms with Crippen LogP contribution in [-0.2, 0) is 4.79 Å². The molecule has 350 valence electrons. The van der Waals surface area contributed by atoms with E-state index in [4.69, 9.17) is 0 Å². The minimum atomic E-state index is -0.859. The maximum absolute atomic E-state index is 12.4. The Labute approximate surface area is 370 Å². The van der Waals surface area contributed by atoms with Crippen LogP contribution in [0.1, 0.15) is 303 Å². The van der Waals surface area contributed by atoms with Crippen LogP contribution < -0.4 is 5.32 Å². The van der Waals surface area contributed by atoms with Gasteiger partial charge >= 0.3 is 0 Å². The largest absolute Gasteiger partial charge is 0.394 e. The van der Waals surface area contributed by atoms with Gasteiger partial charge in [-0.2, -0.15) is 0 Å². The van der Waals surface area contributed by atoms with E-state index in [1.807, 2.05) is 6.08 Å². The highest BCUT2D eigenvalue weighted by Crippen LogP contribution is 2.17. The number of aliphatic hydroxyl groups excluding tert-OH is 2. The van der Waals surface area contributed by atoms with Crippen molar-refractivity contribution in [3.05, 3.63) is 24.3 Å². The van der Waals surface area contributed by atoms with E-state index in [0.717, 1.165) is 32.1 Å². The zero-order valence-electron chi connectivity index (χ0n) is 40.3. The van der Waals surface area contributed by atoms with Gasteiger partial charge in [-0.05, 0) is 32.1 Å². The fraction of sp³-hybridized carbons (Fsp3) is 0.909. The van der Waals surface area contributed by atoms with Gasteiger partial charge in [0.1, 0.15) is 0 Å². The van der Waals surface area contributed by atoms with E-state index in [0.29, 0.717) is 6.42 Å². The van der Waals surface area contributed by atoms with E-state index in [1.54, 1.807) is 6.08 Å². The van der Waals surface area contributed by atoms with E-state index in [2.05, 4.69) is 31.3 Å². The topological polar surface area (TPSA) is 69.6 Å². The average molecular weight is 830 g/mol. The molecule has 0 radical (unpaired) electrons. The summed E-state index contributed by atoms with van der Waals surface area (Å²) in [5.41, 5.74) is 0. The SMILES string of the molecule is CCCCCCCCCCCCCCCCCCCCCCCCCCCC/C=C/CC/C=C/C(O)C(CO)NC(=O)CCCCCCCCCCCCCCCCC. The van der Waals surface area contributed by atoms with Gasteiger partial charge < -0.3 is 15.5 Å². The summed E-state index contributed by atoms with van der Waals surface area (Å²) in [5.74, 6) is -0.0693. The van der Waals surface area contributed by atoms with Crippen LogP contribution in [0.3, 0.4) is 0 Å². The summed E-state index contributed by atoms with van der Waals surface area (Å²) in [4.78, 5) is 12.4. The Morgan fingerprint density at radius 1 is 0.390 bits per heavy atom. The Bertz CT molecular complexity index is 855. The second-order valence-corrected chi connectivity index (χ2v) is 18.7. The lowest BCUT2D eigenvalue weighted by Gasteiger charge is -2.19. The number of unbranched alkanes of at least 4 members (excludes halogenated alkanes) is 41. The third-order valence-electron chi connectivity index (χ3n) is 12.7. The Morgan fingerprint density at radius 3 is 0.983 bits per heavy atom. The summed E-state index contributed by atoms with van der Waals surface area (Å²) < 4.78 is 0. The van der Waals surface area contributed by atoms with E-state index < -0.39 is 12.1 Å². The average Bonchev–Trinajstić information content (AvgIpc) is 3.24. The molecule has 0 fully saturated rings. The predicted molar refractivity (Wildman–Crippen MR) is 262 cm³/mol. The third kappa shape index (κ3) is 47.8. The van der Waals surface area contributed by atoms with Crippen LogP contribution in [0.5, 0.6) is 0 Å². The van der Waals surface area contributed by atoms with Crippen molar-refractivity contribution >= 4 is 5.91 Å². The van der Waals surface area contributed by atoms with Gasteiger partial charge in [-0.15, -0.1) is 0 Å². The maximum Gasteiger partial charge on any atom is 0.220 e. The van der Waals surface area contributed by atoms with E-state index in [-0.39, 0.29) is 12.5 Å². The first-order valence-electron chi connectivity index (χ1n) is 27.1. The molecule has 1 amide bonds. The summed E-state index contributed by atoms with van der Waals surface area (Å²) in [5, 5.41) is 23.1. The van der Waals surface area contributed by atoms with E-state index >= 15 is 0 Å². The number of carbonyl (C=O) groups is 1. The number of nitrogens with one attached hydrogen (secondary N) is 1. The fourth-order valence-electron chi connectivity index (χ4n) is 8.55. The van der Waals surface area contributed by atoms with Crippen LogP contribution in [0.4, 0.5) is 0 Å². The summed E-state index contributed by atoms with van der Waals surface area (Å²) in [6.07, 6.45) is 67.7. The number of allylic oxidation sites excluding steroid dienone is 3. The summed E-state index contributed by atoms with van der Waals surface area (Å²) in [6, 6.07) is -0.635. The Balaban J connectivity index is 3.47. The van der Waals surface area contributed by atoms with Crippen molar-refractivity contribution in [1.82, 2.24) is 5.32 Å². The Kier molecular flexibility index (Phi) is 50.2. The molecule has 0 aliphatic rings. The third-order valence-corrected chi connectivity index (χ3v) is 12.7. The number of hydrogen-bond donors (Lipinski definition) is 3. The molecule has 0 aromatic rings. The smallest absolute Gasteiger partial charge is 0.220 e. The van der Waals surface area contributed by atoms with Crippen LogP contribution >= 0.6 is 0 Å². The van der Waals surface area contributed by atoms with Crippen molar-refractivity contribution in [2.24, 2.45) is 0 Å². The van der Waals surface area contributed by atoms with Gasteiger partial charge in [0.25, 0.3) is 0 Å². The number of aliphatic hydroxyl groups is 2. The van der Waals surface area contributed by atoms with Gasteiger partial charge in [-0.3, -0.25) is 4.79 Å². The molecule has 0 bridgehead atoms. The first kappa shape index (κ1) is 57.9. The van der Waals surface area contributed by atoms with Gasteiger partial charge in [-0.25, -0.2) is 0 Å². The van der Waals surface area contributed by atoms with E-state index in [9.17, 15) is 15.0 Å². The van der Waals surface area contributed by atoms with Gasteiger partial charge in [0.15, 0.2) is 0 Å². The number of carbonyl (C=O) groups excluding carboxylic acids is 1. The summed E-state index contributed by atoms with van der Waals surface area (Å²) in [7, 11) is 0. The minimum Gasteiger partial charge on any atom is -0.394 e. The van der Waals surface area contributed by atoms with Gasteiger partial charge in [0.2, 0.25) is 5.91 Å². The van der Waals surface area contributed by atoms with Crippen molar-refractivity contribution in [3.8, 4) is 0 Å². The Hall–Kier alpha value is -1.13. The van der Waals surface area contributed by atoms with Crippen LogP contribution in [-0.4, -0.2) is 34.9 Å². The van der Waals surface area contributed by atoms with E-state index in [1.165, 1.54) is 250 Å². The normalized spacial score (nSPS) is 12.9. The molecule has 4 heteroatoms. The number of amides is 1. The molecular weight excluding hydrogens is 723 g/mol. The predicted octanol–water partition coefficient (Wildman–Crippen LogP) is 17.5. The highest BCUT2D eigenvalue weighted by Gasteiger charge is 2.18. The molecule has 0 heterocycles. The quantitative estimate of drug-likeness (QED) is 0.0422. The number of rotatable bonds is 50. The molecule has 0 aromatic heterocycles. The molecule has 0 saturated heterocycles. The second kappa shape index (κ2) is 51.2. The monoisotopic (exact) mass is 830 g/mol. The van der Waals surface area contributed by atoms with Gasteiger partial charge in [-0.1, -0.05) is 289 Å². The van der Waals surface area contributed by atoms with Crippen LogP contribution in [0.15, 0.2) is 24.3 Å². The van der Waals surface area contributed by atoms with Crippen molar-refractivity contribution < 1.29 is 15.0 Å². The molecule has 0 rings (SSSR count). The van der Waals surface area contributed by atoms with Crippen LogP contribution in [0.25, 0.3) is 0 Å². The molecule has 2 atom stereocenters. The van der Waals surface area contributed by atoms with Crippen LogP contribution in [0.2, 0.25) is 0 Å². The molecule has 0 aliphatic carbocycles. The molecular formula is C55H107NO3. The fourth-order valence-corrected chi connectivity index (χ4v) is 8.55. The molecule has 0 saturated carbocycles. The standard InChI is InChI=1S/C55H107NO3/c1-3-5-7-9-11-13-15-17-19-20-21-22-23-24-25-26-27-28-29-30-31-32-33-34-35-37-38-40-42-44-46-48-50-54(58)53(52-57)56-55(59)51-49-47-45-43-41-39-36-18-16-14-12-10-8-6-4-2/h40,42,48,50,53-54,57-58H,3-39,41,43-47,49,51-52H2,1-2H3,(H,56,59)/b42-40+,50-48+. The number of hydrogen-bond acceptors (Lipinski definition) is 3. The lowest BCUT2D eigenvalue weighted by atomic mass is 10.0. The van der Waals surface area contributed by atoms with Gasteiger partial charge in [0, 0.05) is 6.42 Å².